The fourth-order valence-electron chi connectivity index (χ4n) is 4.88. The van der Waals surface area contributed by atoms with Crippen molar-refractivity contribution in [3.8, 4) is 5.69 Å². The molecule has 35 heavy (non-hydrogen) atoms. The average Bonchev–Trinajstić information content (AvgIpc) is 3.23. The SMILES string of the molecule is Cc1nn(CC(=O)NCCCN2CCc3ccccc3C2)c(=O)c2nn(-c3ccccc3)c(C)c12. The van der Waals surface area contributed by atoms with Crippen molar-refractivity contribution < 1.29 is 4.79 Å². The van der Waals surface area contributed by atoms with E-state index in [0.717, 1.165) is 49.2 Å². The van der Waals surface area contributed by atoms with Gasteiger partial charge >= 0.3 is 0 Å². The van der Waals surface area contributed by atoms with E-state index in [-0.39, 0.29) is 18.0 Å². The maximum Gasteiger partial charge on any atom is 0.295 e. The van der Waals surface area contributed by atoms with Crippen molar-refractivity contribution in [3.63, 3.8) is 0 Å². The lowest BCUT2D eigenvalue weighted by atomic mass is 10.00. The molecule has 0 aliphatic carbocycles. The van der Waals surface area contributed by atoms with Gasteiger partial charge in [0, 0.05) is 26.2 Å². The van der Waals surface area contributed by atoms with Gasteiger partial charge in [-0.05, 0) is 49.9 Å². The van der Waals surface area contributed by atoms with Crippen molar-refractivity contribution in [1.82, 2.24) is 29.8 Å². The van der Waals surface area contributed by atoms with E-state index in [1.54, 1.807) is 4.68 Å². The van der Waals surface area contributed by atoms with Crippen LogP contribution in [-0.2, 0) is 24.3 Å². The first-order valence-corrected chi connectivity index (χ1v) is 12.1. The quantitative estimate of drug-likeness (QED) is 0.420. The van der Waals surface area contributed by atoms with Crippen LogP contribution in [0.2, 0.25) is 0 Å². The van der Waals surface area contributed by atoms with Gasteiger partial charge in [0.05, 0.1) is 22.5 Å². The number of aromatic nitrogens is 4. The molecule has 3 heterocycles. The van der Waals surface area contributed by atoms with E-state index < -0.39 is 0 Å². The summed E-state index contributed by atoms with van der Waals surface area (Å²) < 4.78 is 2.97. The molecule has 8 nitrogen and oxygen atoms in total. The van der Waals surface area contributed by atoms with Crippen LogP contribution in [0.4, 0.5) is 0 Å². The van der Waals surface area contributed by atoms with Crippen molar-refractivity contribution >= 4 is 16.8 Å². The summed E-state index contributed by atoms with van der Waals surface area (Å²) in [6.45, 7) is 7.13. The maximum atomic E-state index is 13.1. The smallest absolute Gasteiger partial charge is 0.295 e. The number of amides is 1. The number of hydrogen-bond donors (Lipinski definition) is 1. The van der Waals surface area contributed by atoms with Gasteiger partial charge in [0.1, 0.15) is 6.54 Å². The normalized spacial score (nSPS) is 13.7. The second-order valence-corrected chi connectivity index (χ2v) is 9.10. The molecule has 2 aromatic heterocycles. The molecule has 1 aliphatic rings. The molecule has 0 saturated heterocycles. The number of carbonyl (C=O) groups is 1. The summed E-state index contributed by atoms with van der Waals surface area (Å²) in [6.07, 6.45) is 1.92. The Hall–Kier alpha value is -3.78. The van der Waals surface area contributed by atoms with Crippen LogP contribution in [0.15, 0.2) is 59.4 Å². The second kappa shape index (κ2) is 9.84. The molecule has 180 valence electrons. The first-order chi connectivity index (χ1) is 17.0. The van der Waals surface area contributed by atoms with Gasteiger partial charge in [-0.1, -0.05) is 42.5 Å². The zero-order valence-electron chi connectivity index (χ0n) is 20.2. The van der Waals surface area contributed by atoms with Crippen LogP contribution >= 0.6 is 0 Å². The molecule has 2 aromatic carbocycles. The summed E-state index contributed by atoms with van der Waals surface area (Å²) >= 11 is 0. The standard InChI is InChI=1S/C27H30N6O2/c1-19-25-20(2)33(23-11-4-3-5-12-23)30-26(25)27(35)32(29-19)18-24(34)28-14-8-15-31-16-13-21-9-6-7-10-22(21)17-31/h3-7,9-12H,8,13-18H2,1-2H3,(H,28,34). The molecule has 0 spiro atoms. The van der Waals surface area contributed by atoms with E-state index in [9.17, 15) is 9.59 Å². The fourth-order valence-corrected chi connectivity index (χ4v) is 4.88. The minimum Gasteiger partial charge on any atom is -0.354 e. The summed E-state index contributed by atoms with van der Waals surface area (Å²) in [5.41, 5.74) is 5.21. The number of nitrogens with zero attached hydrogens (tertiary/aromatic N) is 5. The van der Waals surface area contributed by atoms with Gasteiger partial charge in [-0.15, -0.1) is 0 Å². The lowest BCUT2D eigenvalue weighted by Gasteiger charge is -2.28. The topological polar surface area (TPSA) is 85.1 Å². The molecular formula is C27H30N6O2. The van der Waals surface area contributed by atoms with Crippen LogP contribution in [0, 0.1) is 13.8 Å². The van der Waals surface area contributed by atoms with Crippen LogP contribution in [0.3, 0.4) is 0 Å². The Labute approximate surface area is 204 Å². The third-order valence-electron chi connectivity index (χ3n) is 6.66. The summed E-state index contributed by atoms with van der Waals surface area (Å²) in [5.74, 6) is -0.221. The van der Waals surface area contributed by atoms with Crippen LogP contribution in [0.25, 0.3) is 16.6 Å². The minimum absolute atomic E-state index is 0.121. The molecule has 0 radical (unpaired) electrons. The molecule has 0 atom stereocenters. The van der Waals surface area contributed by atoms with E-state index in [2.05, 4.69) is 44.7 Å². The molecule has 5 rings (SSSR count). The van der Waals surface area contributed by atoms with Crippen molar-refractivity contribution in [3.05, 3.63) is 87.5 Å². The largest absolute Gasteiger partial charge is 0.354 e. The van der Waals surface area contributed by atoms with Crippen LogP contribution in [0.1, 0.15) is 28.9 Å². The van der Waals surface area contributed by atoms with E-state index in [0.29, 0.717) is 17.8 Å². The molecular weight excluding hydrogens is 440 g/mol. The van der Waals surface area contributed by atoms with Gasteiger partial charge in [0.15, 0.2) is 5.52 Å². The molecule has 4 aromatic rings. The Balaban J connectivity index is 1.21. The number of aryl methyl sites for hydroxylation is 2. The molecule has 8 heteroatoms. The average molecular weight is 471 g/mol. The van der Waals surface area contributed by atoms with Gasteiger partial charge in [0.25, 0.3) is 5.56 Å². The van der Waals surface area contributed by atoms with E-state index >= 15 is 0 Å². The van der Waals surface area contributed by atoms with Gasteiger partial charge in [-0.3, -0.25) is 14.5 Å². The van der Waals surface area contributed by atoms with Gasteiger partial charge in [-0.2, -0.15) is 10.2 Å². The molecule has 0 fully saturated rings. The second-order valence-electron chi connectivity index (χ2n) is 9.10. The lowest BCUT2D eigenvalue weighted by molar-refractivity contribution is -0.121. The fraction of sp³-hybridized carbons (Fsp3) is 0.333. The Morgan fingerprint density at radius 3 is 2.54 bits per heavy atom. The van der Waals surface area contributed by atoms with Gasteiger partial charge in [-0.25, -0.2) is 9.36 Å². The maximum absolute atomic E-state index is 13.1. The zero-order chi connectivity index (χ0) is 24.4. The summed E-state index contributed by atoms with van der Waals surface area (Å²) in [4.78, 5) is 28.1. The van der Waals surface area contributed by atoms with Gasteiger partial charge in [0.2, 0.25) is 5.91 Å². The number of fused-ring (bicyclic) bond motifs is 2. The third-order valence-corrected chi connectivity index (χ3v) is 6.66. The number of hydrogen-bond acceptors (Lipinski definition) is 5. The molecule has 0 unspecified atom stereocenters. The molecule has 1 aliphatic heterocycles. The Bertz CT molecular complexity index is 1420. The first kappa shape index (κ1) is 23.0. The predicted molar refractivity (Wildman–Crippen MR) is 136 cm³/mol. The molecule has 1 amide bonds. The van der Waals surface area contributed by atoms with Crippen molar-refractivity contribution in [1.29, 1.82) is 0 Å². The number of rotatable bonds is 7. The summed E-state index contributed by atoms with van der Waals surface area (Å²) in [7, 11) is 0. The Morgan fingerprint density at radius 2 is 1.74 bits per heavy atom. The summed E-state index contributed by atoms with van der Waals surface area (Å²) in [6, 6.07) is 18.3. The highest BCUT2D eigenvalue weighted by molar-refractivity contribution is 5.83. The minimum atomic E-state index is -0.356. The number of para-hydroxylation sites is 1. The third kappa shape index (κ3) is 4.74. The highest BCUT2D eigenvalue weighted by Crippen LogP contribution is 2.21. The predicted octanol–water partition coefficient (Wildman–Crippen LogP) is 2.76. The lowest BCUT2D eigenvalue weighted by Crippen LogP contribution is -2.36. The van der Waals surface area contributed by atoms with Crippen molar-refractivity contribution in [2.24, 2.45) is 0 Å². The molecule has 1 N–H and O–H groups in total. The summed E-state index contributed by atoms with van der Waals surface area (Å²) in [5, 5.41) is 12.6. The van der Waals surface area contributed by atoms with Crippen LogP contribution < -0.4 is 10.9 Å². The van der Waals surface area contributed by atoms with Gasteiger partial charge < -0.3 is 5.32 Å². The first-order valence-electron chi connectivity index (χ1n) is 12.1. The number of benzene rings is 2. The zero-order valence-corrected chi connectivity index (χ0v) is 20.2. The van der Waals surface area contributed by atoms with E-state index in [1.165, 1.54) is 15.8 Å². The monoisotopic (exact) mass is 470 g/mol. The molecule has 0 bridgehead atoms. The van der Waals surface area contributed by atoms with E-state index in [4.69, 9.17) is 0 Å². The van der Waals surface area contributed by atoms with Crippen LogP contribution in [0.5, 0.6) is 0 Å². The molecule has 0 saturated carbocycles. The van der Waals surface area contributed by atoms with Crippen LogP contribution in [-0.4, -0.2) is 50.0 Å². The van der Waals surface area contributed by atoms with E-state index in [1.807, 2.05) is 44.2 Å². The highest BCUT2D eigenvalue weighted by Gasteiger charge is 2.19. The Morgan fingerprint density at radius 1 is 1.00 bits per heavy atom. The van der Waals surface area contributed by atoms with Crippen molar-refractivity contribution in [2.45, 2.75) is 39.8 Å². The number of nitrogens with one attached hydrogen (secondary N) is 1. The van der Waals surface area contributed by atoms with Crippen molar-refractivity contribution in [2.75, 3.05) is 19.6 Å². The highest BCUT2D eigenvalue weighted by atomic mass is 16.2. The number of carbonyl (C=O) groups excluding carboxylic acids is 1. The Kier molecular flexibility index (Phi) is 6.46.